The molecule has 2 aliphatic rings. The molecule has 0 bridgehead atoms. The lowest BCUT2D eigenvalue weighted by atomic mass is 9.97. The van der Waals surface area contributed by atoms with Crippen molar-refractivity contribution in [1.82, 2.24) is 0 Å². The van der Waals surface area contributed by atoms with Gasteiger partial charge in [-0.1, -0.05) is 0 Å². The largest absolute Gasteiger partial charge is 0.394 e. The van der Waals surface area contributed by atoms with Crippen LogP contribution < -0.4 is 0 Å². The van der Waals surface area contributed by atoms with Crippen molar-refractivity contribution in [3.8, 4) is 0 Å². The predicted octanol–water partition coefficient (Wildman–Crippen LogP) is -3.98. The number of hydrogen-bond acceptors (Lipinski definition) is 13. The summed E-state index contributed by atoms with van der Waals surface area (Å²) < 4.78 is 16.3. The summed E-state index contributed by atoms with van der Waals surface area (Å²) in [5.41, 5.74) is -0.940. The highest BCUT2D eigenvalue weighted by atomic mass is 32.2. The van der Waals surface area contributed by atoms with E-state index in [9.17, 15) is 40.9 Å². The minimum absolute atomic E-state index is 0.297. The molecule has 0 aliphatic carbocycles. The van der Waals surface area contributed by atoms with Crippen molar-refractivity contribution in [2.45, 2.75) is 78.8 Å². The number of aliphatic hydroxyl groups excluding tert-OH is 8. The molecule has 2 fully saturated rings. The Labute approximate surface area is 177 Å². The van der Waals surface area contributed by atoms with Crippen molar-refractivity contribution in [2.24, 2.45) is 0 Å². The topological polar surface area (TPSA) is 190 Å². The van der Waals surface area contributed by atoms with E-state index in [0.29, 0.717) is 5.75 Å². The lowest BCUT2D eigenvalue weighted by molar-refractivity contribution is -0.338. The third-order valence-electron chi connectivity index (χ3n) is 4.95. The van der Waals surface area contributed by atoms with Gasteiger partial charge in [0, 0.05) is 11.0 Å². The summed E-state index contributed by atoms with van der Waals surface area (Å²) in [6, 6.07) is 0. The minimum atomic E-state index is -1.71. The molecule has 0 aromatic carbocycles. The van der Waals surface area contributed by atoms with E-state index in [1.54, 1.807) is 6.92 Å². The first-order chi connectivity index (χ1) is 13.6. The zero-order valence-electron chi connectivity index (χ0n) is 15.7. The summed E-state index contributed by atoms with van der Waals surface area (Å²) in [5.74, 6) is 0.297. The molecule has 13 heteroatoms. The summed E-state index contributed by atoms with van der Waals surface area (Å²) in [5, 5.41) is 78.6. The van der Waals surface area contributed by atoms with E-state index in [1.165, 1.54) is 0 Å². The highest BCUT2D eigenvalue weighted by molar-refractivity contribution is 8.00. The molecular formula is C16H30O11S2. The molecule has 2 heterocycles. The molecule has 0 radical (unpaired) electrons. The van der Waals surface area contributed by atoms with Crippen LogP contribution in [0.1, 0.15) is 6.92 Å². The Morgan fingerprint density at radius 2 is 1.52 bits per heavy atom. The van der Waals surface area contributed by atoms with E-state index >= 15 is 0 Å². The maximum Gasteiger partial charge on any atom is 0.187 e. The first-order valence-corrected chi connectivity index (χ1v) is 10.7. The molecule has 2 saturated heterocycles. The van der Waals surface area contributed by atoms with Gasteiger partial charge in [-0.2, -0.15) is 12.6 Å². The van der Waals surface area contributed by atoms with Gasteiger partial charge >= 0.3 is 0 Å². The lowest BCUT2D eigenvalue weighted by Crippen LogP contribution is -2.64. The van der Waals surface area contributed by atoms with Crippen LogP contribution in [0.25, 0.3) is 0 Å². The number of ether oxygens (including phenoxy) is 3. The molecule has 172 valence electrons. The third-order valence-corrected chi connectivity index (χ3v) is 7.08. The van der Waals surface area contributed by atoms with Crippen molar-refractivity contribution in [2.75, 3.05) is 19.0 Å². The molecule has 11 nitrogen and oxygen atoms in total. The van der Waals surface area contributed by atoms with Crippen molar-refractivity contribution in [3.05, 3.63) is 0 Å². The molecule has 2 unspecified atom stereocenters. The second kappa shape index (κ2) is 11.2. The van der Waals surface area contributed by atoms with E-state index in [2.05, 4.69) is 12.6 Å². The Kier molecular flexibility index (Phi) is 9.87. The minimum Gasteiger partial charge on any atom is -0.394 e. The fraction of sp³-hybridized carbons (Fsp3) is 1.00. The van der Waals surface area contributed by atoms with E-state index in [4.69, 9.17) is 14.2 Å². The quantitative estimate of drug-likeness (QED) is 0.159. The Hall–Kier alpha value is 0.260. The monoisotopic (exact) mass is 462 g/mol. The standard InChI is InChI=1S/C16H30O11S2/c1-5(19)8(28)4-29-16-13(24)11(22)14(7(3-18)26-16)27-15-12(23)10(21)9(20)6(2-17)25-15/h5-24,28H,2-4H2,1H3/t5?,6-,7-,8?,9-,10+,11-,12-,13-,14-,15-,16+/m1/s1. The maximum atomic E-state index is 10.5. The van der Waals surface area contributed by atoms with E-state index < -0.39 is 85.1 Å². The predicted molar refractivity (Wildman–Crippen MR) is 103 cm³/mol. The summed E-state index contributed by atoms with van der Waals surface area (Å²) in [6.07, 6.45) is -13.9. The molecule has 8 N–H and O–H groups in total. The van der Waals surface area contributed by atoms with Gasteiger partial charge in [0.2, 0.25) is 0 Å². The van der Waals surface area contributed by atoms with Crippen molar-refractivity contribution in [3.63, 3.8) is 0 Å². The van der Waals surface area contributed by atoms with E-state index in [1.807, 2.05) is 0 Å². The average molecular weight is 463 g/mol. The molecule has 0 amide bonds. The summed E-state index contributed by atoms with van der Waals surface area (Å²) in [6.45, 7) is 0.309. The molecule has 12 atom stereocenters. The summed E-state index contributed by atoms with van der Waals surface area (Å²) in [7, 11) is 0. The van der Waals surface area contributed by atoms with Gasteiger partial charge in [0.15, 0.2) is 6.29 Å². The van der Waals surface area contributed by atoms with Crippen molar-refractivity contribution >= 4 is 24.4 Å². The van der Waals surface area contributed by atoms with E-state index in [-0.39, 0.29) is 0 Å². The Morgan fingerprint density at radius 1 is 0.897 bits per heavy atom. The number of aliphatic hydroxyl groups is 8. The van der Waals surface area contributed by atoms with Crippen LogP contribution in [-0.4, -0.2) is 132 Å². The summed E-state index contributed by atoms with van der Waals surface area (Å²) >= 11 is 5.31. The van der Waals surface area contributed by atoms with Crippen LogP contribution in [0.5, 0.6) is 0 Å². The molecule has 0 aromatic heterocycles. The Balaban J connectivity index is 2.05. The maximum absolute atomic E-state index is 10.5. The smallest absolute Gasteiger partial charge is 0.187 e. The van der Waals surface area contributed by atoms with Gasteiger partial charge in [0.25, 0.3) is 0 Å². The normalized spacial score (nSPS) is 45.7. The van der Waals surface area contributed by atoms with Gasteiger partial charge in [-0.15, -0.1) is 11.8 Å². The SMILES string of the molecule is CC(O)C(S)CS[C@@H]1O[C@H](CO)[C@@H](O[C@H]2O[C@H](CO)[C@@H](O)[C@H](O)[C@H]2O)[C@H](O)[C@H]1O. The first-order valence-electron chi connectivity index (χ1n) is 9.18. The van der Waals surface area contributed by atoms with Crippen LogP contribution in [0.3, 0.4) is 0 Å². The molecule has 2 rings (SSSR count). The third kappa shape index (κ3) is 5.94. The van der Waals surface area contributed by atoms with Crippen LogP contribution in [0.2, 0.25) is 0 Å². The Morgan fingerprint density at radius 3 is 2.07 bits per heavy atom. The fourth-order valence-electron chi connectivity index (χ4n) is 3.03. The van der Waals surface area contributed by atoms with Gasteiger partial charge < -0.3 is 55.1 Å². The molecular weight excluding hydrogens is 432 g/mol. The lowest BCUT2D eigenvalue weighted by Gasteiger charge is -2.46. The van der Waals surface area contributed by atoms with Gasteiger partial charge in [-0.25, -0.2) is 0 Å². The van der Waals surface area contributed by atoms with Crippen molar-refractivity contribution < 1.29 is 55.1 Å². The molecule has 2 aliphatic heterocycles. The Bertz CT molecular complexity index is 497. The number of thioether (sulfide) groups is 1. The number of thiol groups is 1. The molecule has 0 spiro atoms. The molecule has 0 saturated carbocycles. The zero-order valence-corrected chi connectivity index (χ0v) is 17.4. The zero-order chi connectivity index (χ0) is 21.9. The number of hydrogen-bond donors (Lipinski definition) is 9. The highest BCUT2D eigenvalue weighted by Gasteiger charge is 2.50. The van der Waals surface area contributed by atoms with Crippen LogP contribution in [0.15, 0.2) is 0 Å². The molecule has 29 heavy (non-hydrogen) atoms. The van der Waals surface area contributed by atoms with Crippen LogP contribution >= 0.6 is 24.4 Å². The summed E-state index contributed by atoms with van der Waals surface area (Å²) in [4.78, 5) is 0. The molecule has 0 aromatic rings. The van der Waals surface area contributed by atoms with Gasteiger partial charge in [-0.05, 0) is 6.92 Å². The highest BCUT2D eigenvalue weighted by Crippen LogP contribution is 2.33. The number of rotatable bonds is 8. The van der Waals surface area contributed by atoms with Crippen molar-refractivity contribution in [1.29, 1.82) is 0 Å². The first kappa shape index (κ1) is 25.5. The van der Waals surface area contributed by atoms with E-state index in [0.717, 1.165) is 11.8 Å². The average Bonchev–Trinajstić information content (AvgIpc) is 2.70. The van der Waals surface area contributed by atoms with Gasteiger partial charge in [0.1, 0.15) is 54.3 Å². The van der Waals surface area contributed by atoms with Crippen LogP contribution in [0.4, 0.5) is 0 Å². The van der Waals surface area contributed by atoms with Gasteiger partial charge in [0.05, 0.1) is 19.3 Å². The van der Waals surface area contributed by atoms with Gasteiger partial charge in [-0.3, -0.25) is 0 Å². The van der Waals surface area contributed by atoms with Crippen LogP contribution in [-0.2, 0) is 14.2 Å². The second-order valence-electron chi connectivity index (χ2n) is 7.15. The second-order valence-corrected chi connectivity index (χ2v) is 8.94. The van der Waals surface area contributed by atoms with Crippen LogP contribution in [0, 0.1) is 0 Å². The fourth-order valence-corrected chi connectivity index (χ4v) is 4.53.